The van der Waals surface area contributed by atoms with Crippen LogP contribution >= 0.6 is 24.0 Å². The van der Waals surface area contributed by atoms with E-state index in [0.29, 0.717) is 12.0 Å². The van der Waals surface area contributed by atoms with E-state index in [4.69, 9.17) is 0 Å². The van der Waals surface area contributed by atoms with Crippen LogP contribution in [0.15, 0.2) is 29.3 Å². The maximum atomic E-state index is 4.24. The van der Waals surface area contributed by atoms with Crippen LogP contribution in [-0.2, 0) is 6.54 Å². The smallest absolute Gasteiger partial charge is 0.191 e. The van der Waals surface area contributed by atoms with Gasteiger partial charge in [-0.3, -0.25) is 4.99 Å². The lowest BCUT2D eigenvalue weighted by molar-refractivity contribution is 0.481. The molecule has 4 heteroatoms. The number of aryl methyl sites for hydroxylation is 1. The van der Waals surface area contributed by atoms with Gasteiger partial charge >= 0.3 is 0 Å². The van der Waals surface area contributed by atoms with E-state index in [0.717, 1.165) is 12.5 Å². The van der Waals surface area contributed by atoms with Crippen molar-refractivity contribution >= 4 is 29.9 Å². The predicted octanol–water partition coefficient (Wildman–Crippen LogP) is 3.32. The van der Waals surface area contributed by atoms with E-state index in [1.54, 1.807) is 7.05 Å². The monoisotopic (exact) mass is 375 g/mol. The molecule has 1 aromatic rings. The molecule has 3 nitrogen and oxygen atoms in total. The number of halogens is 1. The van der Waals surface area contributed by atoms with Crippen molar-refractivity contribution in [1.82, 2.24) is 10.6 Å². The number of aliphatic imine (C=N–C) groups is 1. The maximum absolute atomic E-state index is 4.24. The second-order valence-corrected chi connectivity index (χ2v) is 5.09. The summed E-state index contributed by atoms with van der Waals surface area (Å²) in [5.74, 6) is 1.44. The number of guanidine groups is 1. The molecular formula is C15H26IN3. The zero-order valence-corrected chi connectivity index (χ0v) is 14.9. The summed E-state index contributed by atoms with van der Waals surface area (Å²) in [6, 6.07) is 8.91. The van der Waals surface area contributed by atoms with Crippen LogP contribution in [0, 0.1) is 12.8 Å². The minimum atomic E-state index is 0. The van der Waals surface area contributed by atoms with E-state index >= 15 is 0 Å². The number of hydrogen-bond acceptors (Lipinski definition) is 1. The van der Waals surface area contributed by atoms with Gasteiger partial charge in [-0.05, 0) is 25.3 Å². The van der Waals surface area contributed by atoms with Crippen molar-refractivity contribution in [1.29, 1.82) is 0 Å². The highest BCUT2D eigenvalue weighted by Crippen LogP contribution is 2.03. The van der Waals surface area contributed by atoms with Crippen molar-refractivity contribution in [3.8, 4) is 0 Å². The van der Waals surface area contributed by atoms with Gasteiger partial charge in [0.1, 0.15) is 0 Å². The molecule has 1 unspecified atom stereocenters. The molecule has 108 valence electrons. The molecule has 0 aliphatic heterocycles. The Hall–Kier alpha value is -0.780. The molecule has 0 fully saturated rings. The molecule has 1 atom stereocenters. The van der Waals surface area contributed by atoms with Gasteiger partial charge in [0.05, 0.1) is 0 Å². The second-order valence-electron chi connectivity index (χ2n) is 5.09. The normalized spacial score (nSPS) is 12.8. The first-order chi connectivity index (χ1) is 8.52. The average molecular weight is 375 g/mol. The van der Waals surface area contributed by atoms with Gasteiger partial charge in [0.15, 0.2) is 5.96 Å². The van der Waals surface area contributed by atoms with Crippen LogP contribution in [0.5, 0.6) is 0 Å². The number of rotatable bonds is 4. The Kier molecular flexibility index (Phi) is 8.80. The van der Waals surface area contributed by atoms with E-state index in [1.807, 2.05) is 0 Å². The lowest BCUT2D eigenvalue weighted by atomic mass is 10.1. The van der Waals surface area contributed by atoms with Gasteiger partial charge in [0.2, 0.25) is 0 Å². The van der Waals surface area contributed by atoms with Crippen LogP contribution < -0.4 is 10.6 Å². The number of hydrogen-bond donors (Lipinski definition) is 2. The molecule has 0 heterocycles. The molecule has 0 amide bonds. The summed E-state index contributed by atoms with van der Waals surface area (Å²) in [6.45, 7) is 9.48. The van der Waals surface area contributed by atoms with Gasteiger partial charge in [-0.25, -0.2) is 0 Å². The Balaban J connectivity index is 0.00000324. The zero-order valence-electron chi connectivity index (χ0n) is 12.5. The summed E-state index contributed by atoms with van der Waals surface area (Å²) < 4.78 is 0. The Morgan fingerprint density at radius 2 is 1.95 bits per heavy atom. The van der Waals surface area contributed by atoms with Crippen LogP contribution in [0.25, 0.3) is 0 Å². The Morgan fingerprint density at radius 3 is 2.47 bits per heavy atom. The number of benzene rings is 1. The van der Waals surface area contributed by atoms with Gasteiger partial charge in [0, 0.05) is 19.6 Å². The fourth-order valence-electron chi connectivity index (χ4n) is 1.58. The summed E-state index contributed by atoms with van der Waals surface area (Å²) in [5, 5.41) is 6.73. The van der Waals surface area contributed by atoms with Crippen molar-refractivity contribution in [3.63, 3.8) is 0 Å². The minimum absolute atomic E-state index is 0. The molecule has 0 aliphatic rings. The van der Waals surface area contributed by atoms with Crippen LogP contribution in [0.4, 0.5) is 0 Å². The van der Waals surface area contributed by atoms with Crippen molar-refractivity contribution in [2.75, 3.05) is 7.05 Å². The second kappa shape index (κ2) is 9.18. The SMILES string of the molecule is CN=C(NCc1cccc(C)c1)NC(C)C(C)C.I. The highest BCUT2D eigenvalue weighted by atomic mass is 127. The molecule has 0 saturated carbocycles. The third kappa shape index (κ3) is 6.80. The summed E-state index contributed by atoms with van der Waals surface area (Å²) in [4.78, 5) is 4.24. The standard InChI is InChI=1S/C15H25N3.HI/c1-11(2)13(4)18-15(16-5)17-10-14-8-6-7-12(3)9-14;/h6-9,11,13H,10H2,1-5H3,(H2,16,17,18);1H. The predicted molar refractivity (Wildman–Crippen MR) is 94.2 cm³/mol. The lowest BCUT2D eigenvalue weighted by Crippen LogP contribution is -2.43. The molecular weight excluding hydrogens is 349 g/mol. The van der Waals surface area contributed by atoms with Gasteiger partial charge < -0.3 is 10.6 Å². The quantitative estimate of drug-likeness (QED) is 0.481. The minimum Gasteiger partial charge on any atom is -0.354 e. The third-order valence-electron chi connectivity index (χ3n) is 3.13. The highest BCUT2D eigenvalue weighted by Gasteiger charge is 2.08. The Bertz CT molecular complexity index is 402. The molecule has 0 aliphatic carbocycles. The molecule has 0 radical (unpaired) electrons. The molecule has 0 saturated heterocycles. The van der Waals surface area contributed by atoms with Gasteiger partial charge in [-0.15, -0.1) is 24.0 Å². The van der Waals surface area contributed by atoms with E-state index in [2.05, 4.69) is 67.6 Å². The molecule has 19 heavy (non-hydrogen) atoms. The largest absolute Gasteiger partial charge is 0.354 e. The molecule has 1 rings (SSSR count). The van der Waals surface area contributed by atoms with Crippen LogP contribution in [0.1, 0.15) is 31.9 Å². The van der Waals surface area contributed by atoms with E-state index < -0.39 is 0 Å². The fraction of sp³-hybridized carbons (Fsp3) is 0.533. The number of nitrogens with zero attached hydrogens (tertiary/aromatic N) is 1. The molecule has 0 spiro atoms. The zero-order chi connectivity index (χ0) is 13.5. The van der Waals surface area contributed by atoms with Crippen molar-refractivity contribution in [3.05, 3.63) is 35.4 Å². The van der Waals surface area contributed by atoms with Crippen molar-refractivity contribution in [2.45, 2.75) is 40.3 Å². The lowest BCUT2D eigenvalue weighted by Gasteiger charge is -2.20. The van der Waals surface area contributed by atoms with Crippen LogP contribution in [-0.4, -0.2) is 19.0 Å². The van der Waals surface area contributed by atoms with E-state index in [1.165, 1.54) is 11.1 Å². The Morgan fingerprint density at radius 1 is 1.26 bits per heavy atom. The Labute approximate surface area is 134 Å². The summed E-state index contributed by atoms with van der Waals surface area (Å²) in [5.41, 5.74) is 2.56. The first kappa shape index (κ1) is 18.2. The highest BCUT2D eigenvalue weighted by molar-refractivity contribution is 14.0. The summed E-state index contributed by atoms with van der Waals surface area (Å²) >= 11 is 0. The molecule has 0 bridgehead atoms. The number of nitrogens with one attached hydrogen (secondary N) is 2. The van der Waals surface area contributed by atoms with Gasteiger partial charge in [-0.1, -0.05) is 43.7 Å². The molecule has 0 aromatic heterocycles. The summed E-state index contributed by atoms with van der Waals surface area (Å²) in [7, 11) is 1.80. The fourth-order valence-corrected chi connectivity index (χ4v) is 1.58. The van der Waals surface area contributed by atoms with Crippen LogP contribution in [0.2, 0.25) is 0 Å². The van der Waals surface area contributed by atoms with Crippen LogP contribution in [0.3, 0.4) is 0 Å². The van der Waals surface area contributed by atoms with Crippen molar-refractivity contribution < 1.29 is 0 Å². The maximum Gasteiger partial charge on any atom is 0.191 e. The van der Waals surface area contributed by atoms with Gasteiger partial charge in [0.25, 0.3) is 0 Å². The van der Waals surface area contributed by atoms with E-state index in [9.17, 15) is 0 Å². The molecule has 2 N–H and O–H groups in total. The molecule has 1 aromatic carbocycles. The van der Waals surface area contributed by atoms with E-state index in [-0.39, 0.29) is 24.0 Å². The van der Waals surface area contributed by atoms with Gasteiger partial charge in [-0.2, -0.15) is 0 Å². The average Bonchev–Trinajstić information content (AvgIpc) is 2.34. The third-order valence-corrected chi connectivity index (χ3v) is 3.13. The summed E-state index contributed by atoms with van der Waals surface area (Å²) in [6.07, 6.45) is 0. The first-order valence-electron chi connectivity index (χ1n) is 6.55. The first-order valence-corrected chi connectivity index (χ1v) is 6.55. The van der Waals surface area contributed by atoms with Crippen molar-refractivity contribution in [2.24, 2.45) is 10.9 Å². The topological polar surface area (TPSA) is 36.4 Å².